The Morgan fingerprint density at radius 1 is 0.771 bits per heavy atom. The Bertz CT molecular complexity index is 880. The average molecular weight is 526 g/mol. The van der Waals surface area contributed by atoms with Gasteiger partial charge in [0.15, 0.2) is 0 Å². The molecule has 0 aromatic heterocycles. The number of aryl methyl sites for hydroxylation is 2. The van der Waals surface area contributed by atoms with Crippen molar-refractivity contribution < 1.29 is 14.4 Å². The molecular formula is C26H38Cl2N4O3. The molecule has 1 atom stereocenters. The van der Waals surface area contributed by atoms with Crippen LogP contribution in [-0.2, 0) is 33.6 Å². The molecule has 0 spiro atoms. The summed E-state index contributed by atoms with van der Waals surface area (Å²) in [5.41, 5.74) is 14.6. The Balaban J connectivity index is 0.00000578. The van der Waals surface area contributed by atoms with Gasteiger partial charge in [-0.2, -0.15) is 0 Å². The number of nitrogens with one attached hydrogen (secondary N) is 2. The summed E-state index contributed by atoms with van der Waals surface area (Å²) in [6, 6.07) is 17.8. The molecule has 0 saturated heterocycles. The minimum Gasteiger partial charge on any atom is -0.354 e. The first-order valence-electron chi connectivity index (χ1n) is 11.7. The molecule has 0 radical (unpaired) electrons. The number of amides is 3. The first-order valence-corrected chi connectivity index (χ1v) is 11.7. The first kappa shape index (κ1) is 32.6. The van der Waals surface area contributed by atoms with Gasteiger partial charge in [-0.15, -0.1) is 24.8 Å². The van der Waals surface area contributed by atoms with Crippen molar-refractivity contribution in [1.82, 2.24) is 10.6 Å². The fraction of sp³-hybridized carbons (Fsp3) is 0.423. The number of nitrogens with two attached hydrogens (primary N) is 2. The van der Waals surface area contributed by atoms with Gasteiger partial charge >= 0.3 is 0 Å². The molecular weight excluding hydrogens is 487 g/mol. The van der Waals surface area contributed by atoms with Crippen molar-refractivity contribution in [3.63, 3.8) is 0 Å². The zero-order chi connectivity index (χ0) is 23.9. The van der Waals surface area contributed by atoms with E-state index in [0.29, 0.717) is 19.4 Å². The standard InChI is InChI=1S/C26H36N4O3.2ClH/c27-17-6-11-23(28)26(33)29-18-16-24(31)30-25(32)19-22-14-12-21(13-15-22)10-5-4-9-20-7-2-1-3-8-20;;/h1-3,7-8,12-15,23H,4-6,9-11,16-19,27-28H2,(H,29,33)(H,30,31,32);2*1H/t23-;;/m0../s1. The molecule has 0 aliphatic carbocycles. The molecule has 6 N–H and O–H groups in total. The predicted octanol–water partition coefficient (Wildman–Crippen LogP) is 2.85. The van der Waals surface area contributed by atoms with Gasteiger partial charge in [0.1, 0.15) is 0 Å². The summed E-state index contributed by atoms with van der Waals surface area (Å²) in [6.07, 6.45) is 5.64. The number of hydrogen-bond acceptors (Lipinski definition) is 5. The van der Waals surface area contributed by atoms with Gasteiger partial charge < -0.3 is 16.8 Å². The van der Waals surface area contributed by atoms with E-state index < -0.39 is 11.9 Å². The van der Waals surface area contributed by atoms with Crippen LogP contribution in [0.1, 0.15) is 48.8 Å². The zero-order valence-electron chi connectivity index (χ0n) is 20.0. The first-order chi connectivity index (χ1) is 16.0. The van der Waals surface area contributed by atoms with Crippen LogP contribution in [0.25, 0.3) is 0 Å². The predicted molar refractivity (Wildman–Crippen MR) is 145 cm³/mol. The van der Waals surface area contributed by atoms with Crippen molar-refractivity contribution in [2.45, 2.75) is 57.4 Å². The van der Waals surface area contributed by atoms with Crippen molar-refractivity contribution in [2.75, 3.05) is 13.1 Å². The lowest BCUT2D eigenvalue weighted by Gasteiger charge is -2.11. The maximum atomic E-state index is 12.1. The van der Waals surface area contributed by atoms with E-state index >= 15 is 0 Å². The van der Waals surface area contributed by atoms with E-state index in [1.54, 1.807) is 0 Å². The van der Waals surface area contributed by atoms with Gasteiger partial charge in [-0.25, -0.2) is 0 Å². The molecule has 2 aromatic rings. The second-order valence-corrected chi connectivity index (χ2v) is 8.24. The highest BCUT2D eigenvalue weighted by Crippen LogP contribution is 2.11. The summed E-state index contributed by atoms with van der Waals surface area (Å²) in [5, 5.41) is 4.97. The Labute approximate surface area is 220 Å². The highest BCUT2D eigenvalue weighted by molar-refractivity contribution is 5.96. The van der Waals surface area contributed by atoms with Gasteiger partial charge in [0.25, 0.3) is 0 Å². The van der Waals surface area contributed by atoms with Crippen molar-refractivity contribution >= 4 is 42.5 Å². The molecule has 0 fully saturated rings. The van der Waals surface area contributed by atoms with Crippen LogP contribution in [-0.4, -0.2) is 36.9 Å². The van der Waals surface area contributed by atoms with Gasteiger partial charge in [0, 0.05) is 13.0 Å². The van der Waals surface area contributed by atoms with Crippen LogP contribution in [0.3, 0.4) is 0 Å². The number of benzene rings is 2. The maximum Gasteiger partial charge on any atom is 0.236 e. The summed E-state index contributed by atoms with van der Waals surface area (Å²) >= 11 is 0. The number of hydrogen-bond donors (Lipinski definition) is 4. The summed E-state index contributed by atoms with van der Waals surface area (Å²) in [4.78, 5) is 35.9. The van der Waals surface area contributed by atoms with E-state index in [2.05, 4.69) is 34.9 Å². The maximum absolute atomic E-state index is 12.1. The average Bonchev–Trinajstić information content (AvgIpc) is 2.81. The number of imide groups is 1. The highest BCUT2D eigenvalue weighted by atomic mass is 35.5. The normalized spacial score (nSPS) is 10.9. The second-order valence-electron chi connectivity index (χ2n) is 8.24. The molecule has 7 nitrogen and oxygen atoms in total. The minimum atomic E-state index is -0.634. The topological polar surface area (TPSA) is 127 Å². The fourth-order valence-corrected chi connectivity index (χ4v) is 3.47. The molecule has 0 bridgehead atoms. The van der Waals surface area contributed by atoms with Crippen LogP contribution >= 0.6 is 24.8 Å². The molecule has 0 saturated carbocycles. The van der Waals surface area contributed by atoms with E-state index in [1.165, 1.54) is 11.1 Å². The summed E-state index contributed by atoms with van der Waals surface area (Å²) in [7, 11) is 0. The molecule has 0 heterocycles. The third-order valence-corrected chi connectivity index (χ3v) is 5.40. The van der Waals surface area contributed by atoms with Crippen LogP contribution in [0, 0.1) is 0 Å². The van der Waals surface area contributed by atoms with Crippen LogP contribution in [0.4, 0.5) is 0 Å². The molecule has 0 aliphatic rings. The Hall–Kier alpha value is -2.45. The van der Waals surface area contributed by atoms with E-state index in [1.807, 2.05) is 30.3 Å². The molecule has 9 heteroatoms. The SMILES string of the molecule is Cl.Cl.NCCC[C@H](N)C(=O)NCCC(=O)NC(=O)Cc1ccc(CCCCc2ccccc2)cc1. The van der Waals surface area contributed by atoms with E-state index in [4.69, 9.17) is 11.5 Å². The lowest BCUT2D eigenvalue weighted by molar-refractivity contribution is -0.130. The van der Waals surface area contributed by atoms with Gasteiger partial charge in [-0.3, -0.25) is 19.7 Å². The van der Waals surface area contributed by atoms with Gasteiger partial charge in [0.2, 0.25) is 17.7 Å². The Morgan fingerprint density at radius 3 is 1.94 bits per heavy atom. The summed E-state index contributed by atoms with van der Waals surface area (Å²) in [6.45, 7) is 0.607. The molecule has 0 unspecified atom stereocenters. The van der Waals surface area contributed by atoms with Crippen LogP contribution in [0.5, 0.6) is 0 Å². The van der Waals surface area contributed by atoms with Gasteiger partial charge in [-0.05, 0) is 61.8 Å². The lowest BCUT2D eigenvalue weighted by atomic mass is 10.0. The third kappa shape index (κ3) is 13.9. The number of halogens is 2. The van der Waals surface area contributed by atoms with E-state index in [9.17, 15) is 14.4 Å². The van der Waals surface area contributed by atoms with Crippen LogP contribution in [0.2, 0.25) is 0 Å². The quantitative estimate of drug-likeness (QED) is 0.282. The Morgan fingerprint density at radius 2 is 1.34 bits per heavy atom. The van der Waals surface area contributed by atoms with E-state index in [0.717, 1.165) is 31.2 Å². The molecule has 194 valence electrons. The monoisotopic (exact) mass is 524 g/mol. The smallest absolute Gasteiger partial charge is 0.236 e. The minimum absolute atomic E-state index is 0. The zero-order valence-corrected chi connectivity index (χ0v) is 21.7. The number of carbonyl (C=O) groups excluding carboxylic acids is 3. The lowest BCUT2D eigenvalue weighted by Crippen LogP contribution is -2.42. The summed E-state index contributed by atoms with van der Waals surface area (Å²) < 4.78 is 0. The van der Waals surface area contributed by atoms with Crippen molar-refractivity contribution in [3.05, 3.63) is 71.3 Å². The van der Waals surface area contributed by atoms with Crippen LogP contribution in [0.15, 0.2) is 54.6 Å². The second kappa shape index (κ2) is 18.8. The molecule has 2 aromatic carbocycles. The van der Waals surface area contributed by atoms with Gasteiger partial charge in [-0.1, -0.05) is 54.6 Å². The molecule has 3 amide bonds. The number of rotatable bonds is 14. The largest absolute Gasteiger partial charge is 0.354 e. The van der Waals surface area contributed by atoms with Crippen LogP contribution < -0.4 is 22.1 Å². The Kier molecular flexibility index (Phi) is 17.5. The van der Waals surface area contributed by atoms with E-state index in [-0.39, 0.29) is 56.0 Å². The molecule has 35 heavy (non-hydrogen) atoms. The van der Waals surface area contributed by atoms with Crippen molar-refractivity contribution in [2.24, 2.45) is 11.5 Å². The number of unbranched alkanes of at least 4 members (excludes halogenated alkanes) is 1. The third-order valence-electron chi connectivity index (χ3n) is 5.40. The van der Waals surface area contributed by atoms with Crippen molar-refractivity contribution in [3.8, 4) is 0 Å². The molecule has 0 aliphatic heterocycles. The highest BCUT2D eigenvalue weighted by Gasteiger charge is 2.13. The number of carbonyl (C=O) groups is 3. The van der Waals surface area contributed by atoms with Crippen molar-refractivity contribution in [1.29, 1.82) is 0 Å². The fourth-order valence-electron chi connectivity index (χ4n) is 3.47. The summed E-state index contributed by atoms with van der Waals surface area (Å²) in [5.74, 6) is -1.10. The van der Waals surface area contributed by atoms with Gasteiger partial charge in [0.05, 0.1) is 12.5 Å². The molecule has 2 rings (SSSR count).